The highest BCUT2D eigenvalue weighted by molar-refractivity contribution is 5.96. The fourth-order valence-electron chi connectivity index (χ4n) is 7.09. The number of halogens is 2. The molecule has 1 amide bonds. The molecule has 0 radical (unpaired) electrons. The second kappa shape index (κ2) is 18.2. The van der Waals surface area contributed by atoms with Crippen molar-refractivity contribution >= 4 is 28.9 Å². The maximum atomic E-state index is 14.6. The molecule has 1 fully saturated rings. The minimum Gasteiger partial charge on any atom is -0.444 e. The monoisotopic (exact) mass is 791 g/mol. The number of alkyl halides is 2. The van der Waals surface area contributed by atoms with E-state index in [1.54, 1.807) is 40.1 Å². The van der Waals surface area contributed by atoms with Crippen molar-refractivity contribution in [1.82, 2.24) is 25.7 Å². The molecule has 0 spiro atoms. The Kier molecular flexibility index (Phi) is 13.9. The van der Waals surface area contributed by atoms with Crippen LogP contribution in [0.3, 0.4) is 0 Å². The van der Waals surface area contributed by atoms with Gasteiger partial charge in [0, 0.05) is 61.5 Å². The number of aromatic nitrogens is 2. The molecule has 4 N–H and O–H groups in total. The Labute approximate surface area is 332 Å². The quantitative estimate of drug-likeness (QED) is 0.0753. The highest BCUT2D eigenvalue weighted by Gasteiger charge is 2.32. The number of methoxy groups -OCH3 is 1. The smallest absolute Gasteiger partial charge is 0.408 e. The Morgan fingerprint density at radius 1 is 1.07 bits per heavy atom. The number of nitrogens with one attached hydrogen (secondary N) is 3. The van der Waals surface area contributed by atoms with Gasteiger partial charge in [-0.15, -0.1) is 0 Å². The van der Waals surface area contributed by atoms with Crippen LogP contribution in [0.25, 0.3) is 33.3 Å². The van der Waals surface area contributed by atoms with Crippen LogP contribution in [0.15, 0.2) is 54.7 Å². The average Bonchev–Trinajstić information content (AvgIpc) is 3.48. The number of alkyl carbamates (subject to hydrolysis) is 1. The van der Waals surface area contributed by atoms with Crippen molar-refractivity contribution in [2.24, 2.45) is 5.41 Å². The van der Waals surface area contributed by atoms with E-state index in [1.807, 2.05) is 51.1 Å². The van der Waals surface area contributed by atoms with Gasteiger partial charge in [0.05, 0.1) is 17.5 Å². The first-order valence-electron chi connectivity index (χ1n) is 19.3. The number of aliphatic hydroxyl groups excluding tert-OH is 1. The Balaban J connectivity index is 1.62. The maximum Gasteiger partial charge on any atom is 0.408 e. The Bertz CT molecular complexity index is 2070. The summed E-state index contributed by atoms with van der Waals surface area (Å²) in [5.74, 6) is -1.88. The summed E-state index contributed by atoms with van der Waals surface area (Å²) in [5, 5.41) is 13.8. The van der Waals surface area contributed by atoms with Crippen molar-refractivity contribution in [3.63, 3.8) is 0 Å². The van der Waals surface area contributed by atoms with Crippen LogP contribution in [-0.2, 0) is 43.2 Å². The van der Waals surface area contributed by atoms with Crippen LogP contribution in [0.4, 0.5) is 13.6 Å². The standard InChI is InChI=1S/C43H55F2N5O7/c1-9-50-35-15-14-27(22-31(35)32(23-43(6,7)24-51)37(50)30-12-10-16-46-36(30)25(2)55-8)28-18-26(19-29(21-28)38(44)45)20-34(48-41(54)57-42(3,4)5)40(53)56-39(52)33-13-11-17-47-49-33/h10,12,14-16,18-19,21-22,25,33-34,38,47,49,51H,9,11,13,17,20,23-24H2,1-8H3,(H,48,54)/t25-,33?,34-/m0/s1. The molecule has 0 saturated carbocycles. The van der Waals surface area contributed by atoms with Crippen molar-refractivity contribution < 1.29 is 42.5 Å². The van der Waals surface area contributed by atoms with Crippen molar-refractivity contribution in [3.05, 3.63) is 77.1 Å². The van der Waals surface area contributed by atoms with Crippen molar-refractivity contribution in [3.8, 4) is 22.4 Å². The zero-order valence-corrected chi connectivity index (χ0v) is 34.0. The number of carbonyl (C=O) groups is 3. The predicted molar refractivity (Wildman–Crippen MR) is 213 cm³/mol. The Hall–Kier alpha value is -4.76. The minimum absolute atomic E-state index is 0.0698. The van der Waals surface area contributed by atoms with Crippen molar-refractivity contribution in [2.75, 3.05) is 20.3 Å². The molecule has 3 atom stereocenters. The first kappa shape index (κ1) is 43.4. The molecular formula is C43H55F2N5O7. The number of aliphatic hydroxyl groups is 1. The van der Waals surface area contributed by atoms with E-state index >= 15 is 0 Å². The lowest BCUT2D eigenvalue weighted by molar-refractivity contribution is -0.163. The molecule has 4 aromatic rings. The molecule has 12 nitrogen and oxygen atoms in total. The van der Waals surface area contributed by atoms with Gasteiger partial charge in [0.15, 0.2) is 0 Å². The number of hydrogen-bond donors (Lipinski definition) is 4. The molecule has 0 aliphatic carbocycles. The van der Waals surface area contributed by atoms with Crippen molar-refractivity contribution in [2.45, 2.75) is 111 Å². The lowest BCUT2D eigenvalue weighted by atomic mass is 9.84. The summed E-state index contributed by atoms with van der Waals surface area (Å²) in [4.78, 5) is 44.0. The van der Waals surface area contributed by atoms with E-state index < -0.39 is 47.6 Å². The zero-order valence-electron chi connectivity index (χ0n) is 34.0. The zero-order chi connectivity index (χ0) is 41.7. The van der Waals surface area contributed by atoms with Gasteiger partial charge in [0.2, 0.25) is 0 Å². The number of carbonyl (C=O) groups excluding carboxylic acids is 3. The van der Waals surface area contributed by atoms with Crippen LogP contribution in [0.2, 0.25) is 0 Å². The van der Waals surface area contributed by atoms with Gasteiger partial charge in [-0.1, -0.05) is 32.0 Å². The molecule has 1 aliphatic rings. The van der Waals surface area contributed by atoms with Gasteiger partial charge in [0.1, 0.15) is 17.7 Å². The number of fused-ring (bicyclic) bond motifs is 1. The number of hydrogen-bond acceptors (Lipinski definition) is 10. The molecule has 0 bridgehead atoms. The van der Waals surface area contributed by atoms with Crippen LogP contribution < -0.4 is 16.2 Å². The molecule has 3 heterocycles. The highest BCUT2D eigenvalue weighted by atomic mass is 19.3. The summed E-state index contributed by atoms with van der Waals surface area (Å²) >= 11 is 0. The number of esters is 2. The molecule has 57 heavy (non-hydrogen) atoms. The van der Waals surface area contributed by atoms with Crippen LogP contribution in [0.1, 0.15) is 96.2 Å². The van der Waals surface area contributed by atoms with Gasteiger partial charge >= 0.3 is 18.0 Å². The number of amides is 1. The van der Waals surface area contributed by atoms with Gasteiger partial charge in [-0.05, 0) is 112 Å². The first-order valence-corrected chi connectivity index (χ1v) is 19.3. The summed E-state index contributed by atoms with van der Waals surface area (Å²) < 4.78 is 47.7. The number of hydrazine groups is 1. The van der Waals surface area contributed by atoms with E-state index in [0.717, 1.165) is 33.4 Å². The second-order valence-electron chi connectivity index (χ2n) is 16.3. The summed E-state index contributed by atoms with van der Waals surface area (Å²) in [6.45, 7) is 14.1. The van der Waals surface area contributed by atoms with E-state index in [9.17, 15) is 28.3 Å². The minimum atomic E-state index is -2.86. The number of ether oxygens (including phenoxy) is 3. The van der Waals surface area contributed by atoms with Crippen LogP contribution in [0.5, 0.6) is 0 Å². The van der Waals surface area contributed by atoms with Gasteiger partial charge in [-0.25, -0.2) is 28.6 Å². The third-order valence-electron chi connectivity index (χ3n) is 9.97. The van der Waals surface area contributed by atoms with E-state index in [-0.39, 0.29) is 24.7 Å². The molecule has 2 aromatic heterocycles. The summed E-state index contributed by atoms with van der Waals surface area (Å²) in [7, 11) is 1.63. The Morgan fingerprint density at radius 2 is 1.82 bits per heavy atom. The topological polar surface area (TPSA) is 153 Å². The van der Waals surface area contributed by atoms with E-state index in [0.29, 0.717) is 49.0 Å². The second-order valence-corrected chi connectivity index (χ2v) is 16.3. The summed E-state index contributed by atoms with van der Waals surface area (Å²) in [6, 6.07) is 11.8. The third kappa shape index (κ3) is 10.6. The van der Waals surface area contributed by atoms with E-state index in [4.69, 9.17) is 19.2 Å². The lowest BCUT2D eigenvalue weighted by Crippen LogP contribution is -2.52. The Morgan fingerprint density at radius 3 is 2.46 bits per heavy atom. The largest absolute Gasteiger partial charge is 0.444 e. The summed E-state index contributed by atoms with van der Waals surface area (Å²) in [6.07, 6.45) is -1.03. The van der Waals surface area contributed by atoms with Gasteiger partial charge < -0.3 is 29.2 Å². The fraction of sp³-hybridized carbons (Fsp3) is 0.488. The number of benzene rings is 2. The molecule has 1 saturated heterocycles. The van der Waals surface area contributed by atoms with Gasteiger partial charge in [-0.2, -0.15) is 0 Å². The van der Waals surface area contributed by atoms with Crippen LogP contribution in [-0.4, -0.2) is 70.6 Å². The van der Waals surface area contributed by atoms with E-state index in [1.165, 1.54) is 12.1 Å². The van der Waals surface area contributed by atoms with Crippen LogP contribution in [0, 0.1) is 5.41 Å². The number of nitrogens with zero attached hydrogens (tertiary/aromatic N) is 2. The van der Waals surface area contributed by atoms with Crippen LogP contribution >= 0.6 is 0 Å². The normalized spacial score (nSPS) is 16.0. The number of aryl methyl sites for hydroxylation is 1. The number of rotatable bonds is 14. The SMILES string of the molecule is CCn1c(-c2cccnc2[C@H](C)OC)c(CC(C)(C)CO)c2cc(-c3cc(C[C@H](NC(=O)OC(C)(C)C)C(=O)OC(=O)C4CCCNN4)cc(C(F)F)c3)ccc21. The fourth-order valence-corrected chi connectivity index (χ4v) is 7.09. The van der Waals surface area contributed by atoms with Gasteiger partial charge in [-0.3, -0.25) is 10.4 Å². The van der Waals surface area contributed by atoms with E-state index in [2.05, 4.69) is 27.7 Å². The highest BCUT2D eigenvalue weighted by Crippen LogP contribution is 2.42. The third-order valence-corrected chi connectivity index (χ3v) is 9.97. The molecular weight excluding hydrogens is 736 g/mol. The number of pyridine rings is 1. The maximum absolute atomic E-state index is 14.6. The first-order chi connectivity index (χ1) is 26.9. The molecule has 5 rings (SSSR count). The molecule has 308 valence electrons. The molecule has 2 aromatic carbocycles. The van der Waals surface area contributed by atoms with Crippen molar-refractivity contribution in [1.29, 1.82) is 0 Å². The summed E-state index contributed by atoms with van der Waals surface area (Å²) in [5.41, 5.74) is 9.81. The predicted octanol–water partition coefficient (Wildman–Crippen LogP) is 7.36. The average molecular weight is 792 g/mol. The van der Waals surface area contributed by atoms with Gasteiger partial charge in [0.25, 0.3) is 6.43 Å². The molecule has 1 aliphatic heterocycles. The molecule has 1 unspecified atom stereocenters. The molecule has 14 heteroatoms. The lowest BCUT2D eigenvalue weighted by Gasteiger charge is -2.25.